The van der Waals surface area contributed by atoms with Crippen LogP contribution in [-0.4, -0.2) is 65.7 Å². The molecule has 0 radical (unpaired) electrons. The number of hydrogen-bond acceptors (Lipinski definition) is 9. The molecule has 3 N–H and O–H groups in total. The van der Waals surface area contributed by atoms with E-state index in [4.69, 9.17) is 18.5 Å². The zero-order valence-corrected chi connectivity index (χ0v) is 31.6. The van der Waals surface area contributed by atoms with E-state index in [-0.39, 0.29) is 12.8 Å². The van der Waals surface area contributed by atoms with Crippen molar-refractivity contribution in [1.29, 1.82) is 0 Å². The summed E-state index contributed by atoms with van der Waals surface area (Å²) in [6.45, 7) is 1.79. The van der Waals surface area contributed by atoms with E-state index in [0.29, 0.717) is 12.8 Å². The minimum absolute atomic E-state index is 0.146. The minimum Gasteiger partial charge on any atom is -0.457 e. The number of esters is 2. The zero-order valence-electron chi connectivity index (χ0n) is 30.7. The van der Waals surface area contributed by atoms with Crippen LogP contribution in [-0.2, 0) is 32.7 Å². The molecule has 3 atom stereocenters. The monoisotopic (exact) mass is 708 g/mol. The Hall–Kier alpha value is -1.03. The van der Waals surface area contributed by atoms with E-state index >= 15 is 0 Å². The fourth-order valence-corrected chi connectivity index (χ4v) is 6.35. The predicted molar refractivity (Wildman–Crippen MR) is 192 cm³/mol. The van der Waals surface area contributed by atoms with Crippen molar-refractivity contribution in [1.82, 2.24) is 0 Å². The molecule has 0 rings (SSSR count). The number of aliphatic hydroxyl groups is 2. The molecule has 0 spiro atoms. The van der Waals surface area contributed by atoms with Crippen LogP contribution in [0.5, 0.6) is 0 Å². The third-order valence-corrected chi connectivity index (χ3v) is 9.49. The lowest BCUT2D eigenvalue weighted by Crippen LogP contribution is -2.28. The number of phosphoric ester groups is 1. The molecule has 0 aliphatic carbocycles. The topological polar surface area (TPSA) is 149 Å². The molecule has 3 unspecified atom stereocenters. The summed E-state index contributed by atoms with van der Waals surface area (Å²) >= 11 is 0. The summed E-state index contributed by atoms with van der Waals surface area (Å²) in [4.78, 5) is 33.5. The lowest BCUT2D eigenvalue weighted by molar-refractivity contribution is -0.153. The molecule has 48 heavy (non-hydrogen) atoms. The van der Waals surface area contributed by atoms with Gasteiger partial charge in [-0.15, -0.1) is 0 Å². The number of rotatable bonds is 37. The van der Waals surface area contributed by atoms with Gasteiger partial charge < -0.3 is 24.6 Å². The average Bonchev–Trinajstić information content (AvgIpc) is 3.07. The first kappa shape index (κ1) is 47.0. The smallest absolute Gasteiger partial charge is 0.457 e. The number of carbonyl (C=O) groups is 2. The molecule has 0 aliphatic rings. The van der Waals surface area contributed by atoms with E-state index in [0.717, 1.165) is 19.3 Å². The highest BCUT2D eigenvalue weighted by atomic mass is 31.2. The van der Waals surface area contributed by atoms with E-state index in [1.54, 1.807) is 6.92 Å². The molecule has 0 amide bonds. The Kier molecular flexibility index (Phi) is 33.7. The molecule has 0 saturated carbocycles. The van der Waals surface area contributed by atoms with Crippen LogP contribution >= 0.6 is 7.82 Å². The highest BCUT2D eigenvalue weighted by molar-refractivity contribution is 7.47. The summed E-state index contributed by atoms with van der Waals surface area (Å²) < 4.78 is 31.8. The van der Waals surface area contributed by atoms with Crippen molar-refractivity contribution in [3.05, 3.63) is 0 Å². The Morgan fingerprint density at radius 2 is 0.771 bits per heavy atom. The molecule has 0 aromatic carbocycles. The molecule has 0 aromatic rings. The molecule has 0 fully saturated rings. The quantitative estimate of drug-likeness (QED) is 0.0324. The molecule has 0 saturated heterocycles. The number of ether oxygens (including phenoxy) is 2. The highest BCUT2D eigenvalue weighted by Crippen LogP contribution is 2.43. The van der Waals surface area contributed by atoms with Gasteiger partial charge >= 0.3 is 19.8 Å². The first-order chi connectivity index (χ1) is 23.3. The number of unbranched alkanes of at least 4 members (excludes halogenated alkanes) is 23. The van der Waals surface area contributed by atoms with E-state index in [1.165, 1.54) is 128 Å². The highest BCUT2D eigenvalue weighted by Gasteiger charge is 2.27. The van der Waals surface area contributed by atoms with Gasteiger partial charge in [0, 0.05) is 12.8 Å². The summed E-state index contributed by atoms with van der Waals surface area (Å²) in [5.41, 5.74) is 0. The molecule has 0 aromatic heterocycles. The summed E-state index contributed by atoms with van der Waals surface area (Å²) in [7, 11) is -4.60. The Balaban J connectivity index is 3.62. The molecule has 10 nitrogen and oxygen atoms in total. The third kappa shape index (κ3) is 32.2. The number of carbonyl (C=O) groups excluding carboxylic acids is 2. The van der Waals surface area contributed by atoms with Crippen molar-refractivity contribution in [2.24, 2.45) is 0 Å². The second-order valence-corrected chi connectivity index (χ2v) is 14.7. The van der Waals surface area contributed by atoms with Crippen molar-refractivity contribution in [3.8, 4) is 0 Å². The predicted octanol–water partition coefficient (Wildman–Crippen LogP) is 9.50. The zero-order chi connectivity index (χ0) is 35.6. The van der Waals surface area contributed by atoms with E-state index < -0.39 is 58.4 Å². The van der Waals surface area contributed by atoms with E-state index in [1.807, 2.05) is 0 Å². The van der Waals surface area contributed by atoms with Gasteiger partial charge in [0.25, 0.3) is 0 Å². The van der Waals surface area contributed by atoms with Gasteiger partial charge in [0.1, 0.15) is 12.2 Å². The number of phosphoric acid groups is 1. The van der Waals surface area contributed by atoms with Crippen LogP contribution in [0.15, 0.2) is 0 Å². The first-order valence-corrected chi connectivity index (χ1v) is 21.0. The Labute approximate surface area is 293 Å². The number of aliphatic hydroxyl groups excluding tert-OH is 2. The van der Waals surface area contributed by atoms with Crippen molar-refractivity contribution >= 4 is 19.8 Å². The van der Waals surface area contributed by atoms with Crippen molar-refractivity contribution < 1.29 is 47.8 Å². The van der Waals surface area contributed by atoms with Crippen LogP contribution in [0.4, 0.5) is 0 Å². The van der Waals surface area contributed by atoms with Crippen LogP contribution in [0, 0.1) is 0 Å². The fraction of sp³-hybridized carbons (Fsp3) is 0.946. The fourth-order valence-electron chi connectivity index (χ4n) is 5.57. The maximum atomic E-state index is 12.1. The largest absolute Gasteiger partial charge is 0.472 e. The SMILES string of the molecule is CCCCCCCCCCCCCCCCCCCCCCCCCCC(=O)OC(CO)COP(=O)(O)OCC(CO)OC(=O)CCC. The van der Waals surface area contributed by atoms with Gasteiger partial charge in [-0.05, 0) is 12.8 Å². The van der Waals surface area contributed by atoms with E-state index in [9.17, 15) is 29.3 Å². The van der Waals surface area contributed by atoms with Gasteiger partial charge in [0.05, 0.1) is 26.4 Å². The number of hydrogen-bond donors (Lipinski definition) is 3. The van der Waals surface area contributed by atoms with Gasteiger partial charge in [-0.2, -0.15) is 0 Å². The molecule has 0 heterocycles. The second kappa shape index (κ2) is 34.4. The summed E-state index contributed by atoms with van der Waals surface area (Å²) in [6.07, 6.45) is 30.1. The lowest BCUT2D eigenvalue weighted by Gasteiger charge is -2.20. The molecule has 0 bridgehead atoms. The molecular weight excluding hydrogens is 635 g/mol. The second-order valence-electron chi connectivity index (χ2n) is 13.3. The van der Waals surface area contributed by atoms with Crippen LogP contribution < -0.4 is 0 Å². The summed E-state index contributed by atoms with van der Waals surface area (Å²) in [6, 6.07) is 0. The average molecular weight is 709 g/mol. The summed E-state index contributed by atoms with van der Waals surface area (Å²) in [5, 5.41) is 18.8. The van der Waals surface area contributed by atoms with Gasteiger partial charge in [0.15, 0.2) is 0 Å². The molecular formula is C37H73O10P. The molecule has 0 aliphatic heterocycles. The Morgan fingerprint density at radius 1 is 0.479 bits per heavy atom. The van der Waals surface area contributed by atoms with Gasteiger partial charge in [-0.25, -0.2) is 4.57 Å². The molecule has 11 heteroatoms. The maximum absolute atomic E-state index is 12.1. The normalized spacial score (nSPS) is 14.0. The van der Waals surface area contributed by atoms with Gasteiger partial charge in [-0.3, -0.25) is 18.6 Å². The maximum Gasteiger partial charge on any atom is 0.472 e. The van der Waals surface area contributed by atoms with E-state index in [2.05, 4.69) is 6.92 Å². The van der Waals surface area contributed by atoms with Crippen LogP contribution in [0.2, 0.25) is 0 Å². The lowest BCUT2D eigenvalue weighted by atomic mass is 10.0. The summed E-state index contributed by atoms with van der Waals surface area (Å²) in [5.74, 6) is -1.06. The molecule has 286 valence electrons. The van der Waals surface area contributed by atoms with Crippen LogP contribution in [0.3, 0.4) is 0 Å². The van der Waals surface area contributed by atoms with Gasteiger partial charge in [0.2, 0.25) is 0 Å². The Bertz CT molecular complexity index is 781. The van der Waals surface area contributed by atoms with Crippen LogP contribution in [0.1, 0.15) is 187 Å². The minimum atomic E-state index is -4.60. The Morgan fingerprint density at radius 3 is 1.06 bits per heavy atom. The van der Waals surface area contributed by atoms with Crippen molar-refractivity contribution in [2.75, 3.05) is 26.4 Å². The standard InChI is InChI=1S/C37H73O10P/c1-3-5-6-7-8-9-10-11-12-13-14-15-16-17-18-19-20-21-22-23-24-25-26-27-29-37(41)47-35(31-39)33-45-48(42,43)44-32-34(30-38)46-36(40)28-4-2/h34-35,38-39H,3-33H2,1-2H3,(H,42,43). The first-order valence-electron chi connectivity index (χ1n) is 19.5. The van der Waals surface area contributed by atoms with Crippen molar-refractivity contribution in [3.63, 3.8) is 0 Å². The third-order valence-electron chi connectivity index (χ3n) is 8.54. The van der Waals surface area contributed by atoms with Crippen LogP contribution in [0.25, 0.3) is 0 Å². The van der Waals surface area contributed by atoms with Gasteiger partial charge in [-0.1, -0.05) is 162 Å². The van der Waals surface area contributed by atoms with Crippen molar-refractivity contribution in [2.45, 2.75) is 199 Å².